The number of imidazole rings is 1. The molecule has 0 spiro atoms. The van der Waals surface area contributed by atoms with Crippen LogP contribution in [-0.4, -0.2) is 39.3 Å². The number of carbonyl (C=O) groups excluding carboxylic acids is 2. The van der Waals surface area contributed by atoms with Gasteiger partial charge in [0.25, 0.3) is 0 Å². The SMILES string of the molecule is CC(C)C(=O)N1CCC(c2ccc(NC(=O)Nc3ccc4nccn4c3)cc2)CC1. The lowest BCUT2D eigenvalue weighted by Gasteiger charge is -2.33. The van der Waals surface area contributed by atoms with Crippen molar-refractivity contribution >= 4 is 29.0 Å². The number of benzene rings is 1. The van der Waals surface area contributed by atoms with E-state index < -0.39 is 0 Å². The molecule has 7 heteroatoms. The van der Waals surface area contributed by atoms with E-state index in [9.17, 15) is 9.59 Å². The van der Waals surface area contributed by atoms with Gasteiger partial charge in [-0.15, -0.1) is 0 Å². The van der Waals surface area contributed by atoms with Gasteiger partial charge in [0, 0.05) is 43.3 Å². The van der Waals surface area contributed by atoms with Crippen molar-refractivity contribution in [2.75, 3.05) is 23.7 Å². The number of nitrogens with one attached hydrogen (secondary N) is 2. The third-order valence-corrected chi connectivity index (χ3v) is 5.59. The molecular formula is C23H27N5O2. The van der Waals surface area contributed by atoms with E-state index in [0.717, 1.165) is 37.3 Å². The maximum Gasteiger partial charge on any atom is 0.323 e. The summed E-state index contributed by atoms with van der Waals surface area (Å²) in [6.07, 6.45) is 7.32. The third kappa shape index (κ3) is 4.45. The van der Waals surface area contributed by atoms with Crippen LogP contribution < -0.4 is 10.6 Å². The summed E-state index contributed by atoms with van der Waals surface area (Å²) in [6.45, 7) is 5.52. The number of aromatic nitrogens is 2. The van der Waals surface area contributed by atoms with Crippen LogP contribution in [0.2, 0.25) is 0 Å². The highest BCUT2D eigenvalue weighted by atomic mass is 16.2. The first-order valence-electron chi connectivity index (χ1n) is 10.4. The van der Waals surface area contributed by atoms with Crippen LogP contribution in [-0.2, 0) is 4.79 Å². The summed E-state index contributed by atoms with van der Waals surface area (Å²) in [5.41, 5.74) is 3.52. The summed E-state index contributed by atoms with van der Waals surface area (Å²) in [7, 11) is 0. The molecule has 1 saturated heterocycles. The maximum absolute atomic E-state index is 12.3. The van der Waals surface area contributed by atoms with Crippen LogP contribution in [0.25, 0.3) is 5.65 Å². The molecule has 0 bridgehead atoms. The van der Waals surface area contributed by atoms with E-state index in [4.69, 9.17) is 0 Å². The molecule has 2 N–H and O–H groups in total. The van der Waals surface area contributed by atoms with Crippen LogP contribution >= 0.6 is 0 Å². The van der Waals surface area contributed by atoms with Crippen LogP contribution in [0.1, 0.15) is 38.2 Å². The number of fused-ring (bicyclic) bond motifs is 1. The van der Waals surface area contributed by atoms with Gasteiger partial charge in [-0.25, -0.2) is 9.78 Å². The van der Waals surface area contributed by atoms with E-state index in [2.05, 4.69) is 27.8 Å². The van der Waals surface area contributed by atoms with Crippen LogP contribution in [0.4, 0.5) is 16.2 Å². The zero-order valence-electron chi connectivity index (χ0n) is 17.3. The predicted molar refractivity (Wildman–Crippen MR) is 118 cm³/mol. The fraction of sp³-hybridized carbons (Fsp3) is 0.348. The van der Waals surface area contributed by atoms with Crippen LogP contribution in [0.15, 0.2) is 55.0 Å². The first-order valence-corrected chi connectivity index (χ1v) is 10.4. The highest BCUT2D eigenvalue weighted by Crippen LogP contribution is 2.29. The molecule has 156 valence electrons. The first kappa shape index (κ1) is 19.9. The molecule has 1 aromatic carbocycles. The number of likely N-dealkylation sites (tertiary alicyclic amines) is 1. The number of amides is 3. The number of urea groups is 1. The average molecular weight is 406 g/mol. The Morgan fingerprint density at radius 1 is 1.00 bits per heavy atom. The lowest BCUT2D eigenvalue weighted by atomic mass is 9.89. The van der Waals surface area contributed by atoms with Gasteiger partial charge in [-0.05, 0) is 48.6 Å². The molecule has 2 aromatic heterocycles. The Labute approximate surface area is 176 Å². The minimum absolute atomic E-state index is 0.0555. The number of nitrogens with zero attached hydrogens (tertiary/aromatic N) is 3. The summed E-state index contributed by atoms with van der Waals surface area (Å²) in [5.74, 6) is 0.747. The van der Waals surface area contributed by atoms with Gasteiger partial charge in [-0.1, -0.05) is 26.0 Å². The lowest BCUT2D eigenvalue weighted by molar-refractivity contribution is -0.135. The van der Waals surface area contributed by atoms with Gasteiger partial charge >= 0.3 is 6.03 Å². The van der Waals surface area contributed by atoms with Gasteiger partial charge in [0.2, 0.25) is 5.91 Å². The zero-order valence-corrected chi connectivity index (χ0v) is 17.3. The Morgan fingerprint density at radius 2 is 1.67 bits per heavy atom. The molecule has 4 rings (SSSR count). The second-order valence-electron chi connectivity index (χ2n) is 8.07. The molecule has 1 aliphatic heterocycles. The smallest absolute Gasteiger partial charge is 0.323 e. The van der Waals surface area contributed by atoms with Crippen molar-refractivity contribution in [1.29, 1.82) is 0 Å². The Bertz CT molecular complexity index is 1030. The van der Waals surface area contributed by atoms with Gasteiger partial charge in [0.1, 0.15) is 5.65 Å². The number of rotatable bonds is 4. The Balaban J connectivity index is 1.31. The number of pyridine rings is 1. The summed E-state index contributed by atoms with van der Waals surface area (Å²) < 4.78 is 1.85. The fourth-order valence-electron chi connectivity index (χ4n) is 3.92. The van der Waals surface area contributed by atoms with Gasteiger partial charge in [0.15, 0.2) is 0 Å². The van der Waals surface area contributed by atoms with Crippen LogP contribution in [0, 0.1) is 5.92 Å². The van der Waals surface area contributed by atoms with Crippen molar-refractivity contribution in [3.05, 3.63) is 60.6 Å². The highest BCUT2D eigenvalue weighted by Gasteiger charge is 2.25. The van der Waals surface area contributed by atoms with Gasteiger partial charge in [-0.3, -0.25) is 4.79 Å². The number of anilines is 2. The maximum atomic E-state index is 12.3. The van der Waals surface area contributed by atoms with E-state index in [0.29, 0.717) is 11.6 Å². The minimum atomic E-state index is -0.289. The molecule has 30 heavy (non-hydrogen) atoms. The largest absolute Gasteiger partial charge is 0.342 e. The minimum Gasteiger partial charge on any atom is -0.342 e. The summed E-state index contributed by atoms with van der Waals surface area (Å²) in [6, 6.07) is 11.4. The molecule has 0 atom stereocenters. The molecule has 0 saturated carbocycles. The Kier molecular flexibility index (Phi) is 5.70. The second-order valence-corrected chi connectivity index (χ2v) is 8.07. The van der Waals surface area contributed by atoms with Crippen LogP contribution in [0.3, 0.4) is 0 Å². The summed E-state index contributed by atoms with van der Waals surface area (Å²) in [4.78, 5) is 30.6. The number of carbonyl (C=O) groups is 2. The average Bonchev–Trinajstić information content (AvgIpc) is 3.21. The molecule has 0 unspecified atom stereocenters. The normalized spacial score (nSPS) is 14.8. The van der Waals surface area contributed by atoms with Gasteiger partial charge in [-0.2, -0.15) is 0 Å². The number of hydrogen-bond donors (Lipinski definition) is 2. The topological polar surface area (TPSA) is 78.7 Å². The number of hydrogen-bond acceptors (Lipinski definition) is 3. The van der Waals surface area contributed by atoms with E-state index in [1.165, 1.54) is 5.56 Å². The quantitative estimate of drug-likeness (QED) is 0.678. The predicted octanol–water partition coefficient (Wildman–Crippen LogP) is 4.34. The highest BCUT2D eigenvalue weighted by molar-refractivity contribution is 5.99. The molecular weight excluding hydrogens is 378 g/mol. The van der Waals surface area contributed by atoms with Gasteiger partial charge in [0.05, 0.1) is 5.69 Å². The van der Waals surface area contributed by atoms with Crippen molar-refractivity contribution in [2.24, 2.45) is 5.92 Å². The van der Waals surface area contributed by atoms with Crippen LogP contribution in [0.5, 0.6) is 0 Å². The zero-order chi connectivity index (χ0) is 21.1. The molecule has 1 aliphatic rings. The van der Waals surface area contributed by atoms with Crippen molar-refractivity contribution in [3.8, 4) is 0 Å². The van der Waals surface area contributed by atoms with E-state index in [1.54, 1.807) is 6.20 Å². The van der Waals surface area contributed by atoms with E-state index in [1.807, 2.05) is 59.8 Å². The van der Waals surface area contributed by atoms with Gasteiger partial charge < -0.3 is 19.9 Å². The van der Waals surface area contributed by atoms with E-state index in [-0.39, 0.29) is 17.9 Å². The third-order valence-electron chi connectivity index (χ3n) is 5.59. The fourth-order valence-corrected chi connectivity index (χ4v) is 3.92. The van der Waals surface area contributed by atoms with Crippen molar-refractivity contribution in [3.63, 3.8) is 0 Å². The molecule has 0 aliphatic carbocycles. The standard InChI is InChI=1S/C23H27N5O2/c1-16(2)22(29)27-12-9-18(10-13-27)17-3-5-19(6-4-17)25-23(30)26-20-7-8-21-24-11-14-28(21)15-20/h3-8,11,14-16,18H,9-10,12-13H2,1-2H3,(H2,25,26,30). The molecule has 3 aromatic rings. The molecule has 3 amide bonds. The lowest BCUT2D eigenvalue weighted by Crippen LogP contribution is -2.40. The van der Waals surface area contributed by atoms with Crippen molar-refractivity contribution in [1.82, 2.24) is 14.3 Å². The molecule has 7 nitrogen and oxygen atoms in total. The first-order chi connectivity index (χ1) is 14.5. The second kappa shape index (κ2) is 8.57. The molecule has 3 heterocycles. The number of piperidine rings is 1. The summed E-state index contributed by atoms with van der Waals surface area (Å²) in [5, 5.41) is 5.71. The molecule has 1 fully saturated rings. The molecule has 0 radical (unpaired) electrons. The van der Waals surface area contributed by atoms with E-state index >= 15 is 0 Å². The monoisotopic (exact) mass is 405 g/mol. The Hall–Kier alpha value is -3.35. The summed E-state index contributed by atoms with van der Waals surface area (Å²) >= 11 is 0. The van der Waals surface area contributed by atoms with Crippen molar-refractivity contribution in [2.45, 2.75) is 32.6 Å². The Morgan fingerprint density at radius 3 is 2.37 bits per heavy atom. The van der Waals surface area contributed by atoms with Crippen molar-refractivity contribution < 1.29 is 9.59 Å².